The van der Waals surface area contributed by atoms with E-state index in [9.17, 15) is 0 Å². The van der Waals surface area contributed by atoms with Crippen LogP contribution in [0.25, 0.3) is 0 Å². The van der Waals surface area contributed by atoms with Crippen LogP contribution in [0.5, 0.6) is 0 Å². The van der Waals surface area contributed by atoms with Gasteiger partial charge in [-0.15, -0.1) is 0 Å². The molecular weight excluding hydrogens is 148 g/mol. The minimum Gasteiger partial charge on any atom is -0.505 e. The third kappa shape index (κ3) is 9.54. The standard InChI is InChI=1S/C11H22O/c1-3-4-5-6-7-8-9-10-11-12-2/h10-11H,3-9H2,1-2H3. The first-order valence-electron chi connectivity index (χ1n) is 5.09. The summed E-state index contributed by atoms with van der Waals surface area (Å²) in [5.41, 5.74) is 0. The molecule has 0 atom stereocenters. The minimum atomic E-state index is 1.17. The summed E-state index contributed by atoms with van der Waals surface area (Å²) < 4.78 is 4.81. The Morgan fingerprint density at radius 2 is 1.67 bits per heavy atom. The zero-order chi connectivity index (χ0) is 9.07. The SMILES string of the molecule is CCCCCCCCC=COC. The fraction of sp³-hybridized carbons (Fsp3) is 0.818. The van der Waals surface area contributed by atoms with E-state index in [1.54, 1.807) is 13.4 Å². The number of unbranched alkanes of at least 4 members (excludes halogenated alkanes) is 6. The first-order chi connectivity index (χ1) is 5.91. The Bertz CT molecular complexity index is 97.2. The summed E-state index contributed by atoms with van der Waals surface area (Å²) in [6.07, 6.45) is 13.3. The highest BCUT2D eigenvalue weighted by Gasteiger charge is 1.87. The van der Waals surface area contributed by atoms with Crippen LogP contribution in [0.1, 0.15) is 51.9 Å². The highest BCUT2D eigenvalue weighted by molar-refractivity contribution is 4.72. The van der Waals surface area contributed by atoms with Gasteiger partial charge >= 0.3 is 0 Å². The van der Waals surface area contributed by atoms with Gasteiger partial charge in [-0.25, -0.2) is 0 Å². The first kappa shape index (κ1) is 11.5. The molecule has 0 aromatic rings. The highest BCUT2D eigenvalue weighted by atomic mass is 16.5. The van der Waals surface area contributed by atoms with Crippen molar-refractivity contribution < 1.29 is 4.74 Å². The zero-order valence-corrected chi connectivity index (χ0v) is 8.51. The van der Waals surface area contributed by atoms with Gasteiger partial charge in [0.15, 0.2) is 0 Å². The summed E-state index contributed by atoms with van der Waals surface area (Å²) in [7, 11) is 1.69. The van der Waals surface area contributed by atoms with Crippen LogP contribution >= 0.6 is 0 Å². The van der Waals surface area contributed by atoms with Crippen LogP contribution in [0.2, 0.25) is 0 Å². The fourth-order valence-electron chi connectivity index (χ4n) is 1.21. The van der Waals surface area contributed by atoms with Gasteiger partial charge in [0, 0.05) is 0 Å². The number of ether oxygens (including phenoxy) is 1. The van der Waals surface area contributed by atoms with E-state index >= 15 is 0 Å². The molecule has 1 nitrogen and oxygen atoms in total. The second kappa shape index (κ2) is 10.5. The average Bonchev–Trinajstić information content (AvgIpc) is 2.10. The van der Waals surface area contributed by atoms with E-state index in [1.807, 2.05) is 0 Å². The fourth-order valence-corrected chi connectivity index (χ4v) is 1.21. The van der Waals surface area contributed by atoms with Crippen molar-refractivity contribution in [3.63, 3.8) is 0 Å². The van der Waals surface area contributed by atoms with Gasteiger partial charge in [-0.1, -0.05) is 39.0 Å². The Morgan fingerprint density at radius 3 is 2.33 bits per heavy atom. The third-order valence-corrected chi connectivity index (χ3v) is 1.96. The van der Waals surface area contributed by atoms with Crippen molar-refractivity contribution in [2.75, 3.05) is 7.11 Å². The Labute approximate surface area is 76.8 Å². The van der Waals surface area contributed by atoms with Crippen LogP contribution in [-0.4, -0.2) is 7.11 Å². The Kier molecular flexibility index (Phi) is 10.1. The maximum atomic E-state index is 4.81. The molecule has 0 rings (SSSR count). The lowest BCUT2D eigenvalue weighted by Gasteiger charge is -1.97. The van der Waals surface area contributed by atoms with Gasteiger partial charge in [0.1, 0.15) is 0 Å². The molecule has 0 bridgehead atoms. The van der Waals surface area contributed by atoms with E-state index in [2.05, 4.69) is 13.0 Å². The van der Waals surface area contributed by atoms with E-state index in [4.69, 9.17) is 4.74 Å². The third-order valence-electron chi connectivity index (χ3n) is 1.96. The molecule has 0 N–H and O–H groups in total. The van der Waals surface area contributed by atoms with Crippen LogP contribution in [0.4, 0.5) is 0 Å². The molecule has 0 saturated heterocycles. The molecule has 0 radical (unpaired) electrons. The van der Waals surface area contributed by atoms with Crippen molar-refractivity contribution in [2.24, 2.45) is 0 Å². The number of rotatable bonds is 8. The molecule has 72 valence electrons. The van der Waals surface area contributed by atoms with Gasteiger partial charge in [-0.3, -0.25) is 0 Å². The van der Waals surface area contributed by atoms with Crippen LogP contribution in [0.15, 0.2) is 12.3 Å². The van der Waals surface area contributed by atoms with Gasteiger partial charge in [0.25, 0.3) is 0 Å². The van der Waals surface area contributed by atoms with Crippen molar-refractivity contribution in [2.45, 2.75) is 51.9 Å². The molecular formula is C11H22O. The molecule has 0 amide bonds. The van der Waals surface area contributed by atoms with Gasteiger partial charge in [0.05, 0.1) is 13.4 Å². The van der Waals surface area contributed by atoms with Crippen molar-refractivity contribution >= 4 is 0 Å². The van der Waals surface area contributed by atoms with Crippen molar-refractivity contribution in [1.29, 1.82) is 0 Å². The Balaban J connectivity index is 2.86. The quantitative estimate of drug-likeness (QED) is 0.396. The summed E-state index contributed by atoms with van der Waals surface area (Å²) in [6.45, 7) is 2.25. The Hall–Kier alpha value is -0.460. The van der Waals surface area contributed by atoms with E-state index < -0.39 is 0 Å². The van der Waals surface area contributed by atoms with Crippen LogP contribution in [0.3, 0.4) is 0 Å². The molecule has 12 heavy (non-hydrogen) atoms. The Morgan fingerprint density at radius 1 is 1.00 bits per heavy atom. The second-order valence-corrected chi connectivity index (χ2v) is 3.16. The molecule has 1 heteroatoms. The highest BCUT2D eigenvalue weighted by Crippen LogP contribution is 2.06. The van der Waals surface area contributed by atoms with Gasteiger partial charge in [0.2, 0.25) is 0 Å². The summed E-state index contributed by atoms with van der Waals surface area (Å²) >= 11 is 0. The van der Waals surface area contributed by atoms with E-state index in [0.29, 0.717) is 0 Å². The minimum absolute atomic E-state index is 1.17. The molecule has 0 aliphatic heterocycles. The predicted octanol–water partition coefficient (Wildman–Crippen LogP) is 3.90. The van der Waals surface area contributed by atoms with Gasteiger partial charge < -0.3 is 4.74 Å². The molecule has 0 aromatic carbocycles. The average molecular weight is 170 g/mol. The summed E-state index contributed by atoms with van der Waals surface area (Å²) in [6, 6.07) is 0. The molecule has 0 saturated carbocycles. The molecule has 0 spiro atoms. The number of hydrogen-bond acceptors (Lipinski definition) is 1. The van der Waals surface area contributed by atoms with Crippen molar-refractivity contribution in [3.05, 3.63) is 12.3 Å². The van der Waals surface area contributed by atoms with E-state index in [-0.39, 0.29) is 0 Å². The van der Waals surface area contributed by atoms with Crippen LogP contribution < -0.4 is 0 Å². The van der Waals surface area contributed by atoms with Crippen molar-refractivity contribution in [1.82, 2.24) is 0 Å². The monoisotopic (exact) mass is 170 g/mol. The molecule has 0 fully saturated rings. The number of allylic oxidation sites excluding steroid dienone is 1. The molecule has 0 aliphatic rings. The summed E-state index contributed by atoms with van der Waals surface area (Å²) in [5.74, 6) is 0. The maximum Gasteiger partial charge on any atom is 0.0784 e. The topological polar surface area (TPSA) is 9.23 Å². The van der Waals surface area contributed by atoms with Crippen molar-refractivity contribution in [3.8, 4) is 0 Å². The lowest BCUT2D eigenvalue weighted by molar-refractivity contribution is 0.336. The lowest BCUT2D eigenvalue weighted by Crippen LogP contribution is -1.77. The van der Waals surface area contributed by atoms with Crippen LogP contribution in [-0.2, 0) is 4.74 Å². The van der Waals surface area contributed by atoms with Gasteiger partial charge in [-0.2, -0.15) is 0 Å². The molecule has 0 heterocycles. The van der Waals surface area contributed by atoms with Crippen LogP contribution in [0, 0.1) is 0 Å². The summed E-state index contributed by atoms with van der Waals surface area (Å²) in [5, 5.41) is 0. The molecule has 0 aliphatic carbocycles. The zero-order valence-electron chi connectivity index (χ0n) is 8.51. The predicted molar refractivity (Wildman–Crippen MR) is 54.1 cm³/mol. The second-order valence-electron chi connectivity index (χ2n) is 3.16. The van der Waals surface area contributed by atoms with Gasteiger partial charge in [-0.05, 0) is 18.9 Å². The maximum absolute atomic E-state index is 4.81. The summed E-state index contributed by atoms with van der Waals surface area (Å²) in [4.78, 5) is 0. The lowest BCUT2D eigenvalue weighted by atomic mass is 10.1. The first-order valence-corrected chi connectivity index (χ1v) is 5.09. The number of methoxy groups -OCH3 is 1. The molecule has 0 aromatic heterocycles. The number of hydrogen-bond donors (Lipinski definition) is 0. The largest absolute Gasteiger partial charge is 0.505 e. The normalized spacial score (nSPS) is 10.8. The molecule has 0 unspecified atom stereocenters. The van der Waals surface area contributed by atoms with E-state index in [0.717, 1.165) is 0 Å². The smallest absolute Gasteiger partial charge is 0.0784 e. The van der Waals surface area contributed by atoms with E-state index in [1.165, 1.54) is 44.9 Å².